The Bertz CT molecular complexity index is 180. The maximum Gasteiger partial charge on any atom is 0.306 e. The molecule has 0 spiro atoms. The topological polar surface area (TPSA) is 69.4 Å². The van der Waals surface area contributed by atoms with E-state index >= 15 is 0 Å². The van der Waals surface area contributed by atoms with Gasteiger partial charge in [-0.2, -0.15) is 0 Å². The molecule has 0 saturated carbocycles. The number of carbonyl (C=O) groups is 2. The minimum atomic E-state index is -0.365. The van der Waals surface area contributed by atoms with Crippen molar-refractivity contribution < 1.29 is 14.3 Å². The van der Waals surface area contributed by atoms with Gasteiger partial charge in [-0.15, -0.1) is 0 Å². The summed E-state index contributed by atoms with van der Waals surface area (Å²) in [5.74, 6) is -0.594. The summed E-state index contributed by atoms with van der Waals surface area (Å²) < 4.78 is 4.76. The van der Waals surface area contributed by atoms with Crippen LogP contribution in [0.2, 0.25) is 0 Å². The highest BCUT2D eigenvalue weighted by atomic mass is 16.5. The second kappa shape index (κ2) is 6.46. The van der Waals surface area contributed by atoms with Crippen LogP contribution in [0, 0.1) is 5.92 Å². The first-order valence-electron chi connectivity index (χ1n) is 4.54. The van der Waals surface area contributed by atoms with E-state index in [2.05, 4.69) is 0 Å². The molecule has 4 nitrogen and oxygen atoms in total. The molecule has 1 atom stereocenters. The van der Waals surface area contributed by atoms with Gasteiger partial charge in [0.05, 0.1) is 6.61 Å². The van der Waals surface area contributed by atoms with Crippen LogP contribution in [0.4, 0.5) is 0 Å². The SMILES string of the molecule is CCOC(=O)CC(CC)CC(N)=O. The van der Waals surface area contributed by atoms with Crippen molar-refractivity contribution in [2.45, 2.75) is 33.1 Å². The lowest BCUT2D eigenvalue weighted by atomic mass is 9.98. The molecule has 0 saturated heterocycles. The Labute approximate surface area is 78.4 Å². The van der Waals surface area contributed by atoms with Crippen molar-refractivity contribution in [1.82, 2.24) is 0 Å². The molecule has 0 aromatic carbocycles. The fourth-order valence-electron chi connectivity index (χ4n) is 1.10. The summed E-state index contributed by atoms with van der Waals surface area (Å²) in [5.41, 5.74) is 5.03. The molecule has 0 aromatic rings. The highest BCUT2D eigenvalue weighted by molar-refractivity contribution is 5.75. The van der Waals surface area contributed by atoms with Crippen LogP contribution in [-0.4, -0.2) is 18.5 Å². The lowest BCUT2D eigenvalue weighted by Crippen LogP contribution is -2.19. The Morgan fingerprint density at radius 3 is 2.31 bits per heavy atom. The van der Waals surface area contributed by atoms with E-state index in [1.165, 1.54) is 0 Å². The number of amides is 1. The molecule has 0 aliphatic rings. The zero-order valence-electron chi connectivity index (χ0n) is 8.21. The van der Waals surface area contributed by atoms with Crippen molar-refractivity contribution in [3.05, 3.63) is 0 Å². The van der Waals surface area contributed by atoms with E-state index < -0.39 is 0 Å². The Morgan fingerprint density at radius 2 is 1.92 bits per heavy atom. The third-order valence-corrected chi connectivity index (χ3v) is 1.83. The minimum absolute atomic E-state index is 0.0246. The van der Waals surface area contributed by atoms with Gasteiger partial charge < -0.3 is 10.5 Å². The zero-order chi connectivity index (χ0) is 10.3. The third-order valence-electron chi connectivity index (χ3n) is 1.83. The Hall–Kier alpha value is -1.06. The minimum Gasteiger partial charge on any atom is -0.466 e. The summed E-state index contributed by atoms with van der Waals surface area (Å²) in [7, 11) is 0. The van der Waals surface area contributed by atoms with Gasteiger partial charge in [0, 0.05) is 12.8 Å². The maximum atomic E-state index is 11.0. The van der Waals surface area contributed by atoms with Crippen molar-refractivity contribution in [1.29, 1.82) is 0 Å². The number of hydrogen-bond acceptors (Lipinski definition) is 3. The first-order valence-corrected chi connectivity index (χ1v) is 4.54. The molecule has 0 fully saturated rings. The Balaban J connectivity index is 3.83. The largest absolute Gasteiger partial charge is 0.466 e. The van der Waals surface area contributed by atoms with Crippen LogP contribution in [0.25, 0.3) is 0 Å². The van der Waals surface area contributed by atoms with Crippen molar-refractivity contribution in [2.75, 3.05) is 6.61 Å². The van der Waals surface area contributed by atoms with Crippen LogP contribution in [0.3, 0.4) is 0 Å². The average Bonchev–Trinajstić information content (AvgIpc) is 2.02. The number of rotatable bonds is 6. The quantitative estimate of drug-likeness (QED) is 0.626. The van der Waals surface area contributed by atoms with E-state index in [0.29, 0.717) is 6.61 Å². The second-order valence-electron chi connectivity index (χ2n) is 2.95. The molecule has 0 aliphatic heterocycles. The van der Waals surface area contributed by atoms with Gasteiger partial charge in [-0.1, -0.05) is 13.3 Å². The van der Waals surface area contributed by atoms with Crippen LogP contribution in [0.5, 0.6) is 0 Å². The summed E-state index contributed by atoms with van der Waals surface area (Å²) in [6, 6.07) is 0. The molecule has 0 aromatic heterocycles. The van der Waals surface area contributed by atoms with Crippen LogP contribution in [0.1, 0.15) is 33.1 Å². The number of ether oxygens (including phenoxy) is 1. The molecule has 0 radical (unpaired) electrons. The first-order chi connectivity index (χ1) is 6.10. The van der Waals surface area contributed by atoms with Crippen LogP contribution < -0.4 is 5.73 Å². The van der Waals surface area contributed by atoms with E-state index in [1.807, 2.05) is 6.92 Å². The van der Waals surface area contributed by atoms with Gasteiger partial charge in [-0.25, -0.2) is 0 Å². The predicted molar refractivity (Wildman–Crippen MR) is 48.8 cm³/mol. The molecule has 0 aliphatic carbocycles. The van der Waals surface area contributed by atoms with E-state index in [0.717, 1.165) is 6.42 Å². The van der Waals surface area contributed by atoms with E-state index in [9.17, 15) is 9.59 Å². The zero-order valence-corrected chi connectivity index (χ0v) is 8.21. The smallest absolute Gasteiger partial charge is 0.306 e. The normalized spacial score (nSPS) is 12.2. The van der Waals surface area contributed by atoms with Crippen LogP contribution in [0.15, 0.2) is 0 Å². The summed E-state index contributed by atoms with van der Waals surface area (Å²) in [5, 5.41) is 0. The van der Waals surface area contributed by atoms with E-state index in [1.54, 1.807) is 6.92 Å². The molecule has 4 heteroatoms. The molecule has 2 N–H and O–H groups in total. The highest BCUT2D eigenvalue weighted by Gasteiger charge is 2.14. The van der Waals surface area contributed by atoms with Gasteiger partial charge in [0.1, 0.15) is 0 Å². The van der Waals surface area contributed by atoms with Crippen molar-refractivity contribution in [2.24, 2.45) is 11.7 Å². The predicted octanol–water partition coefficient (Wildman–Crippen LogP) is 0.841. The Kier molecular flexibility index (Phi) is 5.93. The standard InChI is InChI=1S/C9H17NO3/c1-3-7(5-8(10)11)6-9(12)13-4-2/h7H,3-6H2,1-2H3,(H2,10,11). The summed E-state index contributed by atoms with van der Waals surface area (Å²) in [4.78, 5) is 21.6. The van der Waals surface area contributed by atoms with Crippen LogP contribution in [-0.2, 0) is 14.3 Å². The van der Waals surface area contributed by atoms with Gasteiger partial charge in [0.15, 0.2) is 0 Å². The van der Waals surface area contributed by atoms with Gasteiger partial charge in [-0.05, 0) is 12.8 Å². The fourth-order valence-corrected chi connectivity index (χ4v) is 1.10. The third kappa shape index (κ3) is 6.13. The van der Waals surface area contributed by atoms with Gasteiger partial charge in [0.25, 0.3) is 0 Å². The molecular formula is C9H17NO3. The molecule has 0 bridgehead atoms. The maximum absolute atomic E-state index is 11.0. The first kappa shape index (κ1) is 11.9. The number of esters is 1. The van der Waals surface area contributed by atoms with Gasteiger partial charge in [0.2, 0.25) is 5.91 Å². The Morgan fingerprint density at radius 1 is 1.31 bits per heavy atom. The average molecular weight is 187 g/mol. The second-order valence-corrected chi connectivity index (χ2v) is 2.95. The fraction of sp³-hybridized carbons (Fsp3) is 0.778. The number of carbonyl (C=O) groups excluding carboxylic acids is 2. The monoisotopic (exact) mass is 187 g/mol. The molecular weight excluding hydrogens is 170 g/mol. The summed E-state index contributed by atoms with van der Waals surface area (Å²) in [6.07, 6.45) is 1.31. The summed E-state index contributed by atoms with van der Waals surface area (Å²) in [6.45, 7) is 4.06. The van der Waals surface area contributed by atoms with Crippen molar-refractivity contribution in [3.8, 4) is 0 Å². The number of primary amides is 1. The molecule has 1 amide bonds. The molecule has 76 valence electrons. The lowest BCUT2D eigenvalue weighted by molar-refractivity contribution is -0.144. The highest BCUT2D eigenvalue weighted by Crippen LogP contribution is 2.13. The van der Waals surface area contributed by atoms with Crippen LogP contribution >= 0.6 is 0 Å². The molecule has 0 rings (SSSR count). The van der Waals surface area contributed by atoms with E-state index in [4.69, 9.17) is 10.5 Å². The molecule has 0 heterocycles. The number of nitrogens with two attached hydrogens (primary N) is 1. The van der Waals surface area contributed by atoms with Crippen molar-refractivity contribution >= 4 is 11.9 Å². The number of hydrogen-bond donors (Lipinski definition) is 1. The van der Waals surface area contributed by atoms with Crippen molar-refractivity contribution in [3.63, 3.8) is 0 Å². The van der Waals surface area contributed by atoms with Gasteiger partial charge >= 0.3 is 5.97 Å². The lowest BCUT2D eigenvalue weighted by Gasteiger charge is -2.10. The van der Waals surface area contributed by atoms with E-state index in [-0.39, 0.29) is 30.6 Å². The molecule has 1 unspecified atom stereocenters. The van der Waals surface area contributed by atoms with Gasteiger partial charge in [-0.3, -0.25) is 9.59 Å². The molecule has 13 heavy (non-hydrogen) atoms. The summed E-state index contributed by atoms with van der Waals surface area (Å²) >= 11 is 0.